The van der Waals surface area contributed by atoms with E-state index in [1.165, 1.54) is 14.2 Å². The van der Waals surface area contributed by atoms with Crippen LogP contribution in [0.1, 0.15) is 19.4 Å². The zero-order chi connectivity index (χ0) is 16.8. The first-order valence-corrected chi connectivity index (χ1v) is 7.00. The maximum absolute atomic E-state index is 12.4. The Balaban J connectivity index is 2.85. The first-order chi connectivity index (χ1) is 10.4. The predicted molar refractivity (Wildman–Crippen MR) is 82.1 cm³/mol. The van der Waals surface area contributed by atoms with Gasteiger partial charge in [0.2, 0.25) is 5.91 Å². The molecule has 0 heterocycles. The molecule has 0 aliphatic rings. The number of ketones is 1. The first-order valence-electron chi connectivity index (χ1n) is 7.00. The van der Waals surface area contributed by atoms with E-state index in [-0.39, 0.29) is 25.4 Å². The number of aliphatic hydroxyl groups excluding tert-OH is 1. The van der Waals surface area contributed by atoms with Crippen molar-refractivity contribution in [2.24, 2.45) is 5.41 Å². The second-order valence-corrected chi connectivity index (χ2v) is 5.39. The molecule has 1 aromatic carbocycles. The van der Waals surface area contributed by atoms with Gasteiger partial charge in [0.1, 0.15) is 5.41 Å². The van der Waals surface area contributed by atoms with Gasteiger partial charge in [0, 0.05) is 13.0 Å². The highest BCUT2D eigenvalue weighted by atomic mass is 16.5. The molecule has 0 aliphatic carbocycles. The Labute approximate surface area is 130 Å². The lowest BCUT2D eigenvalue weighted by Gasteiger charge is -2.22. The van der Waals surface area contributed by atoms with Gasteiger partial charge in [-0.1, -0.05) is 6.07 Å². The molecule has 2 N–H and O–H groups in total. The van der Waals surface area contributed by atoms with E-state index in [0.717, 1.165) is 5.56 Å². The number of hydrogen-bond donors (Lipinski definition) is 2. The number of Topliss-reactive ketones (excluding diaryl/α,β-unsaturated/α-hetero) is 1. The van der Waals surface area contributed by atoms with Gasteiger partial charge in [0.25, 0.3) is 0 Å². The average molecular weight is 309 g/mol. The number of carbonyl (C=O) groups is 2. The van der Waals surface area contributed by atoms with Crippen molar-refractivity contribution in [3.63, 3.8) is 0 Å². The van der Waals surface area contributed by atoms with Gasteiger partial charge in [-0.3, -0.25) is 9.59 Å². The lowest BCUT2D eigenvalue weighted by molar-refractivity contribution is -0.139. The van der Waals surface area contributed by atoms with Crippen LogP contribution in [0.4, 0.5) is 0 Å². The molecule has 0 saturated carbocycles. The number of rotatable bonds is 8. The molecule has 1 rings (SSSR count). The summed E-state index contributed by atoms with van der Waals surface area (Å²) in [4.78, 5) is 24.4. The molecule has 0 aromatic heterocycles. The van der Waals surface area contributed by atoms with Crippen molar-refractivity contribution < 1.29 is 24.2 Å². The van der Waals surface area contributed by atoms with Crippen molar-refractivity contribution in [3.8, 4) is 11.5 Å². The first kappa shape index (κ1) is 18.0. The van der Waals surface area contributed by atoms with Gasteiger partial charge < -0.3 is 19.9 Å². The van der Waals surface area contributed by atoms with Crippen LogP contribution in [0.5, 0.6) is 11.5 Å². The van der Waals surface area contributed by atoms with E-state index in [2.05, 4.69) is 5.32 Å². The molecule has 1 amide bonds. The zero-order valence-corrected chi connectivity index (χ0v) is 13.4. The van der Waals surface area contributed by atoms with E-state index < -0.39 is 11.3 Å². The Kier molecular flexibility index (Phi) is 6.37. The van der Waals surface area contributed by atoms with Crippen molar-refractivity contribution in [1.29, 1.82) is 0 Å². The third-order valence-corrected chi connectivity index (χ3v) is 3.47. The second-order valence-electron chi connectivity index (χ2n) is 5.39. The van der Waals surface area contributed by atoms with Crippen molar-refractivity contribution >= 4 is 11.7 Å². The van der Waals surface area contributed by atoms with Crippen molar-refractivity contribution in [3.05, 3.63) is 23.8 Å². The molecule has 0 unspecified atom stereocenters. The Bertz CT molecular complexity index is 539. The largest absolute Gasteiger partial charge is 0.493 e. The standard InChI is InChI=1S/C16H23NO5/c1-16(2,15(20)17-7-8-18)14(19)10-11-5-6-12(21-3)13(9-11)22-4/h5-6,9,18H,7-8,10H2,1-4H3,(H,17,20). The van der Waals surface area contributed by atoms with Gasteiger partial charge in [-0.2, -0.15) is 0 Å². The zero-order valence-electron chi connectivity index (χ0n) is 13.4. The Morgan fingerprint density at radius 3 is 2.36 bits per heavy atom. The van der Waals surface area contributed by atoms with Crippen LogP contribution in [-0.2, 0) is 16.0 Å². The molecule has 0 bridgehead atoms. The van der Waals surface area contributed by atoms with Gasteiger partial charge in [0.15, 0.2) is 17.3 Å². The molecular weight excluding hydrogens is 286 g/mol. The summed E-state index contributed by atoms with van der Waals surface area (Å²) in [5.41, 5.74) is -0.423. The molecular formula is C16H23NO5. The van der Waals surface area contributed by atoms with Gasteiger partial charge >= 0.3 is 0 Å². The Hall–Kier alpha value is -2.08. The Morgan fingerprint density at radius 1 is 1.18 bits per heavy atom. The summed E-state index contributed by atoms with van der Waals surface area (Å²) in [7, 11) is 3.06. The fourth-order valence-electron chi connectivity index (χ4n) is 1.91. The number of hydrogen-bond acceptors (Lipinski definition) is 5. The molecule has 6 nitrogen and oxygen atoms in total. The van der Waals surface area contributed by atoms with Gasteiger partial charge in [-0.25, -0.2) is 0 Å². The van der Waals surface area contributed by atoms with Crippen LogP contribution in [0.25, 0.3) is 0 Å². The Morgan fingerprint density at radius 2 is 1.82 bits per heavy atom. The molecule has 0 aliphatic heterocycles. The van der Waals surface area contributed by atoms with Crippen LogP contribution in [0.2, 0.25) is 0 Å². The van der Waals surface area contributed by atoms with Crippen LogP contribution < -0.4 is 14.8 Å². The van der Waals surface area contributed by atoms with Crippen LogP contribution >= 0.6 is 0 Å². The van der Waals surface area contributed by atoms with E-state index in [1.807, 2.05) is 0 Å². The number of amides is 1. The van der Waals surface area contributed by atoms with Gasteiger partial charge in [-0.05, 0) is 31.5 Å². The number of benzene rings is 1. The number of carbonyl (C=O) groups excluding carboxylic acids is 2. The number of ether oxygens (including phenoxy) is 2. The van der Waals surface area contributed by atoms with Crippen molar-refractivity contribution in [2.75, 3.05) is 27.4 Å². The maximum atomic E-state index is 12.4. The van der Waals surface area contributed by atoms with E-state index in [1.54, 1.807) is 32.0 Å². The fraction of sp³-hybridized carbons (Fsp3) is 0.500. The van der Waals surface area contributed by atoms with E-state index >= 15 is 0 Å². The molecule has 0 spiro atoms. The fourth-order valence-corrected chi connectivity index (χ4v) is 1.91. The summed E-state index contributed by atoms with van der Waals surface area (Å²) in [6.07, 6.45) is 0.111. The lowest BCUT2D eigenvalue weighted by atomic mass is 9.84. The van der Waals surface area contributed by atoms with E-state index in [4.69, 9.17) is 14.6 Å². The molecule has 122 valence electrons. The second kappa shape index (κ2) is 7.79. The maximum Gasteiger partial charge on any atom is 0.233 e. The molecule has 0 saturated heterocycles. The summed E-state index contributed by atoms with van der Waals surface area (Å²) < 4.78 is 10.3. The van der Waals surface area contributed by atoms with Crippen LogP contribution in [0.3, 0.4) is 0 Å². The van der Waals surface area contributed by atoms with E-state index in [0.29, 0.717) is 11.5 Å². The number of methoxy groups -OCH3 is 2. The minimum Gasteiger partial charge on any atom is -0.493 e. The normalized spacial score (nSPS) is 11.0. The van der Waals surface area contributed by atoms with Crippen LogP contribution in [0.15, 0.2) is 18.2 Å². The van der Waals surface area contributed by atoms with Crippen molar-refractivity contribution in [1.82, 2.24) is 5.32 Å². The summed E-state index contributed by atoms with van der Waals surface area (Å²) in [6.45, 7) is 3.11. The molecule has 6 heteroatoms. The lowest BCUT2D eigenvalue weighted by Crippen LogP contribution is -2.44. The number of nitrogens with one attached hydrogen (secondary N) is 1. The SMILES string of the molecule is COc1ccc(CC(=O)C(C)(C)C(=O)NCCO)cc1OC. The van der Waals surface area contributed by atoms with Gasteiger partial charge in [0.05, 0.1) is 20.8 Å². The summed E-state index contributed by atoms with van der Waals surface area (Å²) in [5, 5.41) is 11.3. The highest BCUT2D eigenvalue weighted by Gasteiger charge is 2.35. The van der Waals surface area contributed by atoms with Gasteiger partial charge in [-0.15, -0.1) is 0 Å². The van der Waals surface area contributed by atoms with E-state index in [9.17, 15) is 9.59 Å². The third-order valence-electron chi connectivity index (χ3n) is 3.47. The summed E-state index contributed by atoms with van der Waals surface area (Å²) >= 11 is 0. The molecule has 22 heavy (non-hydrogen) atoms. The van der Waals surface area contributed by atoms with Crippen LogP contribution in [-0.4, -0.2) is 44.2 Å². The molecule has 0 atom stereocenters. The topological polar surface area (TPSA) is 84.9 Å². The smallest absolute Gasteiger partial charge is 0.233 e. The quantitative estimate of drug-likeness (QED) is 0.698. The molecule has 0 radical (unpaired) electrons. The third kappa shape index (κ3) is 4.21. The summed E-state index contributed by atoms with van der Waals surface area (Å²) in [6, 6.07) is 5.21. The monoisotopic (exact) mass is 309 g/mol. The predicted octanol–water partition coefficient (Wildman–Crippen LogP) is 0.950. The van der Waals surface area contributed by atoms with Crippen molar-refractivity contribution in [2.45, 2.75) is 20.3 Å². The van der Waals surface area contributed by atoms with Crippen LogP contribution in [0, 0.1) is 5.41 Å². The highest BCUT2D eigenvalue weighted by Crippen LogP contribution is 2.29. The average Bonchev–Trinajstić information content (AvgIpc) is 2.51. The highest BCUT2D eigenvalue weighted by molar-refractivity contribution is 6.05. The molecule has 0 fully saturated rings. The minimum absolute atomic E-state index is 0.111. The molecule has 1 aromatic rings. The summed E-state index contributed by atoms with van der Waals surface area (Å²) in [5.74, 6) is 0.510. The minimum atomic E-state index is -1.16. The number of aliphatic hydroxyl groups is 1.